The molecule has 0 bridgehead atoms. The standard InChI is InChI=1S/C34H42N4O2/c1-4-7-9-11-21-35-27-17-13-25(14-18-27)33-36-29-23-30-32(24-31(29)39-33)40-34(37-30)26-15-19-28(20-16-26)38(6-3)22-12-10-8-5-2/h13-20,23-24,35H,4-12,21-22H2,1-3H3. The second-order valence-electron chi connectivity index (χ2n) is 10.6. The van der Waals surface area contributed by atoms with Crippen LogP contribution in [0.4, 0.5) is 11.4 Å². The number of nitrogens with one attached hydrogen (secondary N) is 1. The van der Waals surface area contributed by atoms with E-state index in [9.17, 15) is 0 Å². The predicted octanol–water partition coefficient (Wildman–Crippen LogP) is 9.70. The highest BCUT2D eigenvalue weighted by Gasteiger charge is 2.15. The van der Waals surface area contributed by atoms with Gasteiger partial charge in [0.1, 0.15) is 11.0 Å². The van der Waals surface area contributed by atoms with E-state index in [0.717, 1.165) is 47.5 Å². The lowest BCUT2D eigenvalue weighted by molar-refractivity contribution is 0.609. The molecular weight excluding hydrogens is 496 g/mol. The summed E-state index contributed by atoms with van der Waals surface area (Å²) in [7, 11) is 0. The Labute approximate surface area is 237 Å². The molecule has 0 amide bonds. The van der Waals surface area contributed by atoms with E-state index in [1.54, 1.807) is 0 Å². The fraction of sp³-hybridized carbons (Fsp3) is 0.412. The topological polar surface area (TPSA) is 67.3 Å². The highest BCUT2D eigenvalue weighted by Crippen LogP contribution is 2.32. The lowest BCUT2D eigenvalue weighted by atomic mass is 10.1. The summed E-state index contributed by atoms with van der Waals surface area (Å²) in [6.45, 7) is 9.79. The summed E-state index contributed by atoms with van der Waals surface area (Å²) >= 11 is 0. The Morgan fingerprint density at radius 3 is 1.80 bits per heavy atom. The molecule has 5 aromatic rings. The molecule has 0 aliphatic rings. The maximum absolute atomic E-state index is 6.15. The van der Waals surface area contributed by atoms with E-state index in [0.29, 0.717) is 22.9 Å². The zero-order chi connectivity index (χ0) is 27.7. The van der Waals surface area contributed by atoms with E-state index in [2.05, 4.69) is 67.4 Å². The summed E-state index contributed by atoms with van der Waals surface area (Å²) < 4.78 is 12.3. The number of unbranched alkanes of at least 4 members (excludes halogenated alkanes) is 6. The van der Waals surface area contributed by atoms with Crippen molar-refractivity contribution in [3.05, 3.63) is 60.7 Å². The molecule has 2 heterocycles. The summed E-state index contributed by atoms with van der Waals surface area (Å²) in [6, 6.07) is 20.6. The number of fused-ring (bicyclic) bond motifs is 2. The van der Waals surface area contributed by atoms with Crippen LogP contribution < -0.4 is 10.2 Å². The molecule has 40 heavy (non-hydrogen) atoms. The van der Waals surface area contributed by atoms with E-state index in [1.807, 2.05) is 24.3 Å². The largest absolute Gasteiger partial charge is 0.436 e. The van der Waals surface area contributed by atoms with E-state index >= 15 is 0 Å². The van der Waals surface area contributed by atoms with Crippen LogP contribution in [0.2, 0.25) is 0 Å². The molecule has 6 heteroatoms. The number of oxazole rings is 2. The first-order valence-corrected chi connectivity index (χ1v) is 15.1. The molecule has 0 unspecified atom stereocenters. The van der Waals surface area contributed by atoms with E-state index in [-0.39, 0.29) is 0 Å². The molecule has 0 aliphatic carbocycles. The van der Waals surface area contributed by atoms with Gasteiger partial charge in [0.25, 0.3) is 0 Å². The minimum atomic E-state index is 0.600. The van der Waals surface area contributed by atoms with E-state index in [4.69, 9.17) is 18.8 Å². The summed E-state index contributed by atoms with van der Waals surface area (Å²) in [5.74, 6) is 1.21. The number of hydrogen-bond acceptors (Lipinski definition) is 6. The first-order chi connectivity index (χ1) is 19.7. The van der Waals surface area contributed by atoms with Crippen LogP contribution in [-0.2, 0) is 0 Å². The quantitative estimate of drug-likeness (QED) is 0.134. The summed E-state index contributed by atoms with van der Waals surface area (Å²) in [5.41, 5.74) is 7.22. The van der Waals surface area contributed by atoms with Gasteiger partial charge in [-0.1, -0.05) is 52.4 Å². The zero-order valence-corrected chi connectivity index (χ0v) is 24.2. The van der Waals surface area contributed by atoms with Gasteiger partial charge in [0, 0.05) is 48.2 Å². The highest BCUT2D eigenvalue weighted by atomic mass is 16.4. The molecule has 0 atom stereocenters. The summed E-state index contributed by atoms with van der Waals surface area (Å²) in [6.07, 6.45) is 10.1. The molecule has 2 aromatic heterocycles. The minimum Gasteiger partial charge on any atom is -0.436 e. The van der Waals surface area contributed by atoms with Gasteiger partial charge in [-0.05, 0) is 74.4 Å². The van der Waals surface area contributed by atoms with Crippen molar-refractivity contribution in [2.24, 2.45) is 0 Å². The van der Waals surface area contributed by atoms with Gasteiger partial charge >= 0.3 is 0 Å². The minimum absolute atomic E-state index is 0.600. The molecule has 5 rings (SSSR count). The maximum Gasteiger partial charge on any atom is 0.227 e. The van der Waals surface area contributed by atoms with Gasteiger partial charge in [-0.3, -0.25) is 0 Å². The Morgan fingerprint density at radius 2 is 1.23 bits per heavy atom. The van der Waals surface area contributed by atoms with Gasteiger partial charge in [0.15, 0.2) is 11.2 Å². The van der Waals surface area contributed by atoms with Crippen LogP contribution in [0.15, 0.2) is 69.5 Å². The molecule has 210 valence electrons. The summed E-state index contributed by atoms with van der Waals surface area (Å²) in [4.78, 5) is 11.9. The van der Waals surface area contributed by atoms with Crippen molar-refractivity contribution in [1.82, 2.24) is 9.97 Å². The lowest BCUT2D eigenvalue weighted by Crippen LogP contribution is -2.23. The predicted molar refractivity (Wildman–Crippen MR) is 167 cm³/mol. The first-order valence-electron chi connectivity index (χ1n) is 15.1. The Balaban J connectivity index is 1.26. The highest BCUT2D eigenvalue weighted by molar-refractivity contribution is 5.91. The van der Waals surface area contributed by atoms with E-state index in [1.165, 1.54) is 57.1 Å². The van der Waals surface area contributed by atoms with Crippen molar-refractivity contribution in [3.63, 3.8) is 0 Å². The SMILES string of the molecule is CCCCCCNc1ccc(-c2nc3cc4nc(-c5ccc(N(CC)CCCCCC)cc5)oc4cc3o2)cc1. The molecular formula is C34H42N4O2. The fourth-order valence-corrected chi connectivity index (χ4v) is 5.13. The molecule has 3 aromatic carbocycles. The second-order valence-corrected chi connectivity index (χ2v) is 10.6. The Morgan fingerprint density at radius 1 is 0.650 bits per heavy atom. The van der Waals surface area contributed by atoms with Crippen LogP contribution in [0.25, 0.3) is 45.1 Å². The molecule has 0 spiro atoms. The Hall–Kier alpha value is -3.80. The van der Waals surface area contributed by atoms with Crippen molar-refractivity contribution in [2.75, 3.05) is 29.9 Å². The van der Waals surface area contributed by atoms with Gasteiger partial charge in [-0.2, -0.15) is 0 Å². The molecule has 0 saturated carbocycles. The normalized spacial score (nSPS) is 11.5. The number of hydrogen-bond donors (Lipinski definition) is 1. The van der Waals surface area contributed by atoms with Crippen LogP contribution in [0.1, 0.15) is 72.1 Å². The van der Waals surface area contributed by atoms with Gasteiger partial charge in [-0.15, -0.1) is 0 Å². The van der Waals surface area contributed by atoms with Gasteiger partial charge in [0.2, 0.25) is 11.8 Å². The molecule has 0 fully saturated rings. The first kappa shape index (κ1) is 27.8. The Bertz CT molecular complexity index is 1430. The molecule has 6 nitrogen and oxygen atoms in total. The van der Waals surface area contributed by atoms with Crippen LogP contribution >= 0.6 is 0 Å². The molecule has 1 N–H and O–H groups in total. The second kappa shape index (κ2) is 13.5. The van der Waals surface area contributed by atoms with Crippen LogP contribution in [0.3, 0.4) is 0 Å². The third kappa shape index (κ3) is 6.67. The van der Waals surface area contributed by atoms with Crippen molar-refractivity contribution in [2.45, 2.75) is 72.1 Å². The molecule has 0 saturated heterocycles. The Kier molecular flexibility index (Phi) is 9.38. The smallest absolute Gasteiger partial charge is 0.227 e. The van der Waals surface area contributed by atoms with Crippen molar-refractivity contribution in [1.29, 1.82) is 0 Å². The van der Waals surface area contributed by atoms with E-state index < -0.39 is 0 Å². The summed E-state index contributed by atoms with van der Waals surface area (Å²) in [5, 5.41) is 3.50. The monoisotopic (exact) mass is 538 g/mol. The van der Waals surface area contributed by atoms with Crippen molar-refractivity contribution in [3.8, 4) is 22.9 Å². The number of benzene rings is 3. The van der Waals surface area contributed by atoms with Crippen LogP contribution in [0.5, 0.6) is 0 Å². The van der Waals surface area contributed by atoms with Gasteiger partial charge in [0.05, 0.1) is 0 Å². The van der Waals surface area contributed by atoms with Crippen LogP contribution in [0, 0.1) is 0 Å². The number of nitrogens with zero attached hydrogens (tertiary/aromatic N) is 3. The fourth-order valence-electron chi connectivity index (χ4n) is 5.13. The lowest BCUT2D eigenvalue weighted by Gasteiger charge is -2.23. The number of rotatable bonds is 15. The van der Waals surface area contributed by atoms with Gasteiger partial charge < -0.3 is 19.1 Å². The van der Waals surface area contributed by atoms with Crippen molar-refractivity contribution >= 4 is 33.6 Å². The molecule has 0 radical (unpaired) electrons. The zero-order valence-electron chi connectivity index (χ0n) is 24.2. The third-order valence-corrected chi connectivity index (χ3v) is 7.53. The number of anilines is 2. The van der Waals surface area contributed by atoms with Crippen molar-refractivity contribution < 1.29 is 8.83 Å². The third-order valence-electron chi connectivity index (χ3n) is 7.53. The van der Waals surface area contributed by atoms with Gasteiger partial charge in [-0.25, -0.2) is 9.97 Å². The van der Waals surface area contributed by atoms with Crippen LogP contribution in [-0.4, -0.2) is 29.6 Å². The average molecular weight is 539 g/mol. The maximum atomic E-state index is 6.15. The number of aromatic nitrogens is 2. The average Bonchev–Trinajstić information content (AvgIpc) is 3.60. The molecule has 0 aliphatic heterocycles.